The van der Waals surface area contributed by atoms with Crippen molar-refractivity contribution in [1.29, 1.82) is 0 Å². The van der Waals surface area contributed by atoms with Crippen molar-refractivity contribution < 1.29 is 4.52 Å². The summed E-state index contributed by atoms with van der Waals surface area (Å²) in [4.78, 5) is 6.11. The number of hydrogen-bond donors (Lipinski definition) is 1. The monoisotopic (exact) mass is 407 g/mol. The van der Waals surface area contributed by atoms with Crippen LogP contribution in [0.15, 0.2) is 47.0 Å². The summed E-state index contributed by atoms with van der Waals surface area (Å²) in [6.45, 7) is 5.59. The first kappa shape index (κ1) is 18.7. The van der Waals surface area contributed by atoms with E-state index in [9.17, 15) is 0 Å². The van der Waals surface area contributed by atoms with Crippen LogP contribution < -0.4 is 0 Å². The molecular formula is C24H26ClN3O. The highest BCUT2D eigenvalue weighted by molar-refractivity contribution is 6.31. The zero-order valence-corrected chi connectivity index (χ0v) is 17.5. The third kappa shape index (κ3) is 3.67. The lowest BCUT2D eigenvalue weighted by molar-refractivity contribution is 0.207. The quantitative estimate of drug-likeness (QED) is 0.435. The molecule has 0 bridgehead atoms. The summed E-state index contributed by atoms with van der Waals surface area (Å²) in [7, 11) is 0. The molecule has 0 amide bonds. The van der Waals surface area contributed by atoms with Gasteiger partial charge in [-0.05, 0) is 76.0 Å². The molecule has 1 fully saturated rings. The van der Waals surface area contributed by atoms with Crippen molar-refractivity contribution in [3.63, 3.8) is 0 Å². The highest BCUT2D eigenvalue weighted by Gasteiger charge is 2.25. The molecule has 4 nitrogen and oxygen atoms in total. The fourth-order valence-corrected chi connectivity index (χ4v) is 4.95. The van der Waals surface area contributed by atoms with Crippen molar-refractivity contribution >= 4 is 33.5 Å². The second-order valence-electron chi connectivity index (χ2n) is 8.20. The minimum Gasteiger partial charge on any atom is -0.358 e. The molecule has 29 heavy (non-hydrogen) atoms. The van der Waals surface area contributed by atoms with Crippen LogP contribution in [0.3, 0.4) is 0 Å². The number of nitrogens with zero attached hydrogens (tertiary/aromatic N) is 2. The molecule has 3 heterocycles. The van der Waals surface area contributed by atoms with Gasteiger partial charge in [0.1, 0.15) is 0 Å². The number of halogens is 1. The molecule has 0 aliphatic carbocycles. The molecule has 0 radical (unpaired) electrons. The molecule has 1 N–H and O–H groups in total. The van der Waals surface area contributed by atoms with E-state index in [1.54, 1.807) is 0 Å². The number of aryl methyl sites for hydroxylation is 2. The largest absolute Gasteiger partial charge is 0.358 e. The van der Waals surface area contributed by atoms with Gasteiger partial charge in [0.05, 0.1) is 5.69 Å². The van der Waals surface area contributed by atoms with E-state index in [1.165, 1.54) is 28.6 Å². The molecule has 2 aromatic heterocycles. The van der Waals surface area contributed by atoms with Gasteiger partial charge in [0.25, 0.3) is 0 Å². The number of fused-ring (bicyclic) bond motifs is 2. The van der Waals surface area contributed by atoms with Crippen LogP contribution in [-0.4, -0.2) is 34.7 Å². The maximum atomic E-state index is 6.06. The fourth-order valence-electron chi connectivity index (χ4n) is 4.79. The summed E-state index contributed by atoms with van der Waals surface area (Å²) in [5.41, 5.74) is 5.93. The van der Waals surface area contributed by atoms with E-state index in [0.29, 0.717) is 10.9 Å². The molecule has 0 spiro atoms. The van der Waals surface area contributed by atoms with Crippen molar-refractivity contribution in [3.05, 3.63) is 64.4 Å². The van der Waals surface area contributed by atoms with Crippen LogP contribution in [0, 0.1) is 6.92 Å². The van der Waals surface area contributed by atoms with E-state index in [-0.39, 0.29) is 0 Å². The normalized spacial score (nSPS) is 16.2. The van der Waals surface area contributed by atoms with Gasteiger partial charge >= 0.3 is 0 Å². The number of piperidine rings is 1. The Balaban J connectivity index is 1.17. The highest BCUT2D eigenvalue weighted by atomic mass is 35.5. The number of nitrogens with one attached hydrogen (secondary N) is 1. The van der Waals surface area contributed by atoms with Gasteiger partial charge in [0.2, 0.25) is 0 Å². The number of para-hydroxylation sites is 1. The van der Waals surface area contributed by atoms with Gasteiger partial charge in [0.15, 0.2) is 5.58 Å². The Morgan fingerprint density at radius 3 is 2.83 bits per heavy atom. The molecular weight excluding hydrogens is 382 g/mol. The van der Waals surface area contributed by atoms with E-state index < -0.39 is 0 Å². The number of benzene rings is 2. The predicted octanol–water partition coefficient (Wildman–Crippen LogP) is 6.08. The summed E-state index contributed by atoms with van der Waals surface area (Å²) >= 11 is 6.06. The van der Waals surface area contributed by atoms with Crippen LogP contribution in [0.5, 0.6) is 0 Å². The molecule has 0 saturated carbocycles. The van der Waals surface area contributed by atoms with Crippen molar-refractivity contribution in [2.24, 2.45) is 0 Å². The number of H-pyrrole nitrogens is 1. The molecule has 0 atom stereocenters. The third-order valence-electron chi connectivity index (χ3n) is 6.36. The minimum absolute atomic E-state index is 0.476. The Kier molecular flexibility index (Phi) is 5.06. The smallest absolute Gasteiger partial charge is 0.168 e. The zero-order valence-electron chi connectivity index (χ0n) is 16.7. The van der Waals surface area contributed by atoms with Gasteiger partial charge in [0, 0.05) is 39.0 Å². The second-order valence-corrected chi connectivity index (χ2v) is 8.64. The van der Waals surface area contributed by atoms with Crippen LogP contribution in [0.1, 0.15) is 42.1 Å². The molecule has 0 unspecified atom stereocenters. The van der Waals surface area contributed by atoms with Crippen LogP contribution in [0.2, 0.25) is 5.02 Å². The minimum atomic E-state index is 0.476. The Morgan fingerprint density at radius 1 is 1.14 bits per heavy atom. The highest BCUT2D eigenvalue weighted by Crippen LogP contribution is 2.33. The molecule has 5 heteroatoms. The predicted molar refractivity (Wildman–Crippen MR) is 119 cm³/mol. The lowest BCUT2D eigenvalue weighted by Gasteiger charge is -2.31. The van der Waals surface area contributed by atoms with E-state index >= 15 is 0 Å². The van der Waals surface area contributed by atoms with Crippen molar-refractivity contribution in [3.8, 4) is 0 Å². The second kappa shape index (κ2) is 7.85. The Bertz CT molecular complexity index is 1140. The van der Waals surface area contributed by atoms with Crippen LogP contribution in [0.4, 0.5) is 0 Å². The summed E-state index contributed by atoms with van der Waals surface area (Å²) in [6, 6.07) is 14.4. The molecule has 1 saturated heterocycles. The first-order valence-corrected chi connectivity index (χ1v) is 10.9. The first-order valence-electron chi connectivity index (χ1n) is 10.5. The Morgan fingerprint density at radius 2 is 1.97 bits per heavy atom. The topological polar surface area (TPSA) is 45.1 Å². The van der Waals surface area contributed by atoms with Crippen LogP contribution in [0.25, 0.3) is 21.9 Å². The van der Waals surface area contributed by atoms with E-state index in [4.69, 9.17) is 16.1 Å². The molecule has 1 aliphatic rings. The molecule has 4 aromatic rings. The van der Waals surface area contributed by atoms with Gasteiger partial charge in [-0.1, -0.05) is 35.0 Å². The molecule has 150 valence electrons. The zero-order chi connectivity index (χ0) is 19.8. The van der Waals surface area contributed by atoms with E-state index in [2.05, 4.69) is 46.2 Å². The number of likely N-dealkylation sites (tertiary alicyclic amines) is 1. The molecule has 1 aliphatic heterocycles. The van der Waals surface area contributed by atoms with Crippen LogP contribution in [-0.2, 0) is 6.42 Å². The lowest BCUT2D eigenvalue weighted by Crippen LogP contribution is -2.34. The number of aromatic nitrogens is 2. The van der Waals surface area contributed by atoms with Crippen molar-refractivity contribution in [2.45, 2.75) is 38.5 Å². The number of hydrogen-bond acceptors (Lipinski definition) is 3. The molecule has 2 aromatic carbocycles. The maximum Gasteiger partial charge on any atom is 0.168 e. The summed E-state index contributed by atoms with van der Waals surface area (Å²) in [6.07, 6.45) is 4.59. The Labute approximate surface area is 175 Å². The fraction of sp³-hybridized carbons (Fsp3) is 0.375. The number of aromatic amines is 1. The average molecular weight is 408 g/mol. The van der Waals surface area contributed by atoms with Gasteiger partial charge in [-0.25, -0.2) is 0 Å². The van der Waals surface area contributed by atoms with Gasteiger partial charge < -0.3 is 14.4 Å². The average Bonchev–Trinajstić information content (AvgIpc) is 3.29. The van der Waals surface area contributed by atoms with Crippen LogP contribution >= 0.6 is 11.6 Å². The standard InChI is InChI=1S/C24H26ClN3O/c1-16-19(20-5-2-3-7-22(20)26-16)6-4-12-28-13-10-17(11-14-28)24-21-9-8-18(25)15-23(21)29-27-24/h2-3,5,7-9,15,17,26H,4,6,10-14H2,1H3. The third-order valence-corrected chi connectivity index (χ3v) is 6.60. The van der Waals surface area contributed by atoms with Crippen molar-refractivity contribution in [1.82, 2.24) is 15.0 Å². The SMILES string of the molecule is Cc1[nH]c2ccccc2c1CCCN1CCC(c2noc3cc(Cl)ccc23)CC1. The van der Waals surface area contributed by atoms with E-state index in [1.807, 2.05) is 18.2 Å². The van der Waals surface area contributed by atoms with E-state index in [0.717, 1.165) is 55.6 Å². The van der Waals surface area contributed by atoms with Crippen molar-refractivity contribution in [2.75, 3.05) is 19.6 Å². The first-order chi connectivity index (χ1) is 14.2. The molecule has 5 rings (SSSR count). The maximum absolute atomic E-state index is 6.06. The van der Waals surface area contributed by atoms with Gasteiger partial charge in [-0.2, -0.15) is 0 Å². The summed E-state index contributed by atoms with van der Waals surface area (Å²) in [5, 5.41) is 7.55. The number of rotatable bonds is 5. The van der Waals surface area contributed by atoms with Gasteiger partial charge in [-0.3, -0.25) is 0 Å². The Hall–Kier alpha value is -2.30. The van der Waals surface area contributed by atoms with Gasteiger partial charge in [-0.15, -0.1) is 0 Å². The lowest BCUT2D eigenvalue weighted by atomic mass is 9.91. The summed E-state index contributed by atoms with van der Waals surface area (Å²) in [5.74, 6) is 0.476. The summed E-state index contributed by atoms with van der Waals surface area (Å²) < 4.78 is 5.51.